The Bertz CT molecular complexity index is 350. The molecule has 0 spiro atoms. The molecule has 0 aliphatic carbocycles. The van der Waals surface area contributed by atoms with Crippen LogP contribution in [0.25, 0.3) is 0 Å². The number of aliphatic hydroxyl groups excluding tert-OH is 2. The molecule has 1 aliphatic rings. The summed E-state index contributed by atoms with van der Waals surface area (Å²) in [5, 5.41) is 18.8. The third-order valence-corrected chi connectivity index (χ3v) is 4.31. The predicted octanol–water partition coefficient (Wildman–Crippen LogP) is 0.697. The van der Waals surface area contributed by atoms with E-state index in [0.29, 0.717) is 0 Å². The van der Waals surface area contributed by atoms with Crippen molar-refractivity contribution in [2.75, 3.05) is 19.7 Å². The molecule has 0 saturated carbocycles. The van der Waals surface area contributed by atoms with Gasteiger partial charge < -0.3 is 15.9 Å². The highest BCUT2D eigenvalue weighted by molar-refractivity contribution is 7.12. The monoisotopic (exact) mass is 256 g/mol. The van der Waals surface area contributed by atoms with Crippen LogP contribution < -0.4 is 5.73 Å². The summed E-state index contributed by atoms with van der Waals surface area (Å²) in [6.07, 6.45) is 1.82. The molecule has 0 radical (unpaired) electrons. The van der Waals surface area contributed by atoms with Gasteiger partial charge in [0.05, 0.1) is 12.6 Å². The topological polar surface area (TPSA) is 69.7 Å². The van der Waals surface area contributed by atoms with E-state index in [-0.39, 0.29) is 6.61 Å². The van der Waals surface area contributed by atoms with Gasteiger partial charge in [0.25, 0.3) is 0 Å². The zero-order valence-corrected chi connectivity index (χ0v) is 10.7. The molecule has 1 aromatic heterocycles. The van der Waals surface area contributed by atoms with Crippen molar-refractivity contribution in [1.29, 1.82) is 0 Å². The van der Waals surface area contributed by atoms with Gasteiger partial charge in [-0.2, -0.15) is 0 Å². The van der Waals surface area contributed by atoms with Gasteiger partial charge in [-0.05, 0) is 38.1 Å². The SMILES string of the molecule is NC(CO)C(O)c1ccc(CN2CCCC2)s1. The van der Waals surface area contributed by atoms with Crippen LogP contribution in [0.5, 0.6) is 0 Å². The van der Waals surface area contributed by atoms with E-state index in [9.17, 15) is 5.11 Å². The van der Waals surface area contributed by atoms with Crippen LogP contribution in [0, 0.1) is 0 Å². The lowest BCUT2D eigenvalue weighted by atomic mass is 10.1. The fraction of sp³-hybridized carbons (Fsp3) is 0.667. The third kappa shape index (κ3) is 3.26. The van der Waals surface area contributed by atoms with Crippen molar-refractivity contribution in [3.05, 3.63) is 21.9 Å². The van der Waals surface area contributed by atoms with Gasteiger partial charge in [0.2, 0.25) is 0 Å². The molecule has 2 atom stereocenters. The summed E-state index contributed by atoms with van der Waals surface area (Å²) in [7, 11) is 0. The molecule has 17 heavy (non-hydrogen) atoms. The predicted molar refractivity (Wildman–Crippen MR) is 68.9 cm³/mol. The maximum atomic E-state index is 9.88. The second kappa shape index (κ2) is 5.93. The lowest BCUT2D eigenvalue weighted by molar-refractivity contribution is 0.112. The van der Waals surface area contributed by atoms with Crippen LogP contribution in [0.4, 0.5) is 0 Å². The van der Waals surface area contributed by atoms with Gasteiger partial charge in [0.1, 0.15) is 6.10 Å². The Morgan fingerprint density at radius 3 is 2.71 bits per heavy atom. The summed E-state index contributed by atoms with van der Waals surface area (Å²) >= 11 is 1.59. The molecular weight excluding hydrogens is 236 g/mol. The first-order valence-corrected chi connectivity index (χ1v) is 6.88. The molecule has 5 heteroatoms. The lowest BCUT2D eigenvalue weighted by Crippen LogP contribution is -2.31. The van der Waals surface area contributed by atoms with Gasteiger partial charge in [-0.3, -0.25) is 4.90 Å². The molecule has 1 saturated heterocycles. The summed E-state index contributed by atoms with van der Waals surface area (Å²) in [6, 6.07) is 3.37. The zero-order valence-electron chi connectivity index (χ0n) is 9.88. The Kier molecular flexibility index (Phi) is 4.53. The van der Waals surface area contributed by atoms with Gasteiger partial charge >= 0.3 is 0 Å². The molecule has 96 valence electrons. The summed E-state index contributed by atoms with van der Waals surface area (Å²) in [5.41, 5.74) is 5.62. The van der Waals surface area contributed by atoms with E-state index in [0.717, 1.165) is 11.4 Å². The quantitative estimate of drug-likeness (QED) is 0.725. The molecular formula is C12H20N2O2S. The highest BCUT2D eigenvalue weighted by Gasteiger charge is 2.19. The Morgan fingerprint density at radius 1 is 1.35 bits per heavy atom. The molecule has 4 N–H and O–H groups in total. The third-order valence-electron chi connectivity index (χ3n) is 3.17. The van der Waals surface area contributed by atoms with Crippen LogP contribution in [0.1, 0.15) is 28.7 Å². The van der Waals surface area contributed by atoms with Gasteiger partial charge in [-0.15, -0.1) is 11.3 Å². The number of aliphatic hydroxyl groups is 2. The Balaban J connectivity index is 1.95. The number of thiophene rings is 1. The van der Waals surface area contributed by atoms with Gasteiger partial charge in [0.15, 0.2) is 0 Å². The van der Waals surface area contributed by atoms with Crippen molar-refractivity contribution in [3.8, 4) is 0 Å². The maximum Gasteiger partial charge on any atom is 0.105 e. The molecule has 1 fully saturated rings. The number of rotatable bonds is 5. The van der Waals surface area contributed by atoms with Crippen LogP contribution in [0.2, 0.25) is 0 Å². The van der Waals surface area contributed by atoms with Crippen molar-refractivity contribution in [2.24, 2.45) is 5.73 Å². The van der Waals surface area contributed by atoms with Crippen LogP contribution in [-0.2, 0) is 6.54 Å². The first kappa shape index (κ1) is 13.0. The van der Waals surface area contributed by atoms with E-state index in [1.165, 1.54) is 30.8 Å². The maximum absolute atomic E-state index is 9.88. The number of nitrogens with two attached hydrogens (primary N) is 1. The largest absolute Gasteiger partial charge is 0.395 e. The number of nitrogens with zero attached hydrogens (tertiary/aromatic N) is 1. The van der Waals surface area contributed by atoms with Crippen molar-refractivity contribution < 1.29 is 10.2 Å². The molecule has 4 nitrogen and oxygen atoms in total. The molecule has 0 amide bonds. The minimum atomic E-state index is -0.752. The summed E-state index contributed by atoms with van der Waals surface area (Å²) in [4.78, 5) is 4.53. The zero-order chi connectivity index (χ0) is 12.3. The first-order chi connectivity index (χ1) is 8.20. The summed E-state index contributed by atoms with van der Waals surface area (Å²) in [6.45, 7) is 3.12. The highest BCUT2D eigenvalue weighted by atomic mass is 32.1. The van der Waals surface area contributed by atoms with E-state index >= 15 is 0 Å². The van der Waals surface area contributed by atoms with E-state index in [1.807, 2.05) is 12.1 Å². The fourth-order valence-electron chi connectivity index (χ4n) is 2.11. The summed E-state index contributed by atoms with van der Waals surface area (Å²) in [5.74, 6) is 0. The van der Waals surface area contributed by atoms with E-state index in [1.54, 1.807) is 11.3 Å². The fourth-order valence-corrected chi connectivity index (χ4v) is 3.23. The molecule has 2 rings (SSSR count). The van der Waals surface area contributed by atoms with E-state index in [4.69, 9.17) is 10.8 Å². The first-order valence-electron chi connectivity index (χ1n) is 6.06. The van der Waals surface area contributed by atoms with Gasteiger partial charge in [0, 0.05) is 16.3 Å². The van der Waals surface area contributed by atoms with Crippen molar-refractivity contribution in [1.82, 2.24) is 4.90 Å². The van der Waals surface area contributed by atoms with Crippen LogP contribution >= 0.6 is 11.3 Å². The van der Waals surface area contributed by atoms with E-state index < -0.39 is 12.1 Å². The van der Waals surface area contributed by atoms with Crippen molar-refractivity contribution in [3.63, 3.8) is 0 Å². The lowest BCUT2D eigenvalue weighted by Gasteiger charge is -2.15. The Labute approximate surface area is 106 Å². The average molecular weight is 256 g/mol. The molecule has 1 aliphatic heterocycles. The number of hydrogen-bond acceptors (Lipinski definition) is 5. The minimum Gasteiger partial charge on any atom is -0.395 e. The average Bonchev–Trinajstić information content (AvgIpc) is 2.99. The Morgan fingerprint density at radius 2 is 2.06 bits per heavy atom. The van der Waals surface area contributed by atoms with Crippen molar-refractivity contribution >= 4 is 11.3 Å². The molecule has 2 heterocycles. The highest BCUT2D eigenvalue weighted by Crippen LogP contribution is 2.26. The molecule has 2 unspecified atom stereocenters. The van der Waals surface area contributed by atoms with Crippen LogP contribution in [0.15, 0.2) is 12.1 Å². The smallest absolute Gasteiger partial charge is 0.105 e. The number of hydrogen-bond donors (Lipinski definition) is 3. The van der Waals surface area contributed by atoms with Gasteiger partial charge in [-0.1, -0.05) is 0 Å². The van der Waals surface area contributed by atoms with Gasteiger partial charge in [-0.25, -0.2) is 0 Å². The van der Waals surface area contributed by atoms with E-state index in [2.05, 4.69) is 4.90 Å². The molecule has 0 aromatic carbocycles. The normalized spacial score (nSPS) is 20.6. The van der Waals surface area contributed by atoms with Crippen molar-refractivity contribution in [2.45, 2.75) is 31.5 Å². The minimum absolute atomic E-state index is 0.194. The van der Waals surface area contributed by atoms with Crippen LogP contribution in [0.3, 0.4) is 0 Å². The second-order valence-corrected chi connectivity index (χ2v) is 5.78. The van der Waals surface area contributed by atoms with Crippen LogP contribution in [-0.4, -0.2) is 40.9 Å². The number of likely N-dealkylation sites (tertiary alicyclic amines) is 1. The standard InChI is InChI=1S/C12H20N2O2S/c13-10(8-15)12(16)11-4-3-9(17-11)7-14-5-1-2-6-14/h3-4,10,12,15-16H,1-2,5-8,13H2. The molecule has 1 aromatic rings. The molecule has 0 bridgehead atoms. The summed E-state index contributed by atoms with van der Waals surface area (Å²) < 4.78 is 0. The second-order valence-electron chi connectivity index (χ2n) is 4.58. The Hall–Kier alpha value is -0.460.